The first-order valence-electron chi connectivity index (χ1n) is 5.61. The number of aromatic carboxylic acids is 2. The van der Waals surface area contributed by atoms with E-state index in [-0.39, 0.29) is 22.5 Å². The van der Waals surface area contributed by atoms with E-state index in [1.165, 1.54) is 36.4 Å². The number of nitrogens with one attached hydrogen (secondary N) is 1. The molecule has 3 N–H and O–H groups in total. The van der Waals surface area contributed by atoms with Crippen LogP contribution in [0.25, 0.3) is 0 Å². The molecule has 0 radical (unpaired) electrons. The highest BCUT2D eigenvalue weighted by Gasteiger charge is 2.14. The molecule has 0 unspecified atom stereocenters. The van der Waals surface area contributed by atoms with Crippen molar-refractivity contribution in [2.24, 2.45) is 0 Å². The van der Waals surface area contributed by atoms with Crippen molar-refractivity contribution in [3.63, 3.8) is 0 Å². The van der Waals surface area contributed by atoms with Crippen LogP contribution < -0.4 is 5.32 Å². The van der Waals surface area contributed by atoms with Gasteiger partial charge < -0.3 is 15.5 Å². The first-order chi connectivity index (χ1) is 9.49. The zero-order valence-electron chi connectivity index (χ0n) is 10.1. The first kappa shape index (κ1) is 13.5. The van der Waals surface area contributed by atoms with Gasteiger partial charge >= 0.3 is 11.9 Å². The molecule has 0 heterocycles. The van der Waals surface area contributed by atoms with E-state index in [9.17, 15) is 14.0 Å². The number of para-hydroxylation sites is 1. The van der Waals surface area contributed by atoms with Gasteiger partial charge in [0.15, 0.2) is 0 Å². The van der Waals surface area contributed by atoms with Crippen LogP contribution in [0.1, 0.15) is 20.7 Å². The van der Waals surface area contributed by atoms with Crippen LogP contribution in [-0.2, 0) is 0 Å². The largest absolute Gasteiger partial charge is 0.478 e. The summed E-state index contributed by atoms with van der Waals surface area (Å²) >= 11 is 0. The Balaban J connectivity index is 2.42. The lowest BCUT2D eigenvalue weighted by molar-refractivity contribution is 0.0686. The summed E-state index contributed by atoms with van der Waals surface area (Å²) in [7, 11) is 0. The fourth-order valence-electron chi connectivity index (χ4n) is 1.70. The first-order valence-corrected chi connectivity index (χ1v) is 5.61. The predicted octanol–water partition coefficient (Wildman–Crippen LogP) is 2.97. The van der Waals surface area contributed by atoms with E-state index in [0.29, 0.717) is 0 Å². The molecule has 0 aliphatic heterocycles. The average molecular weight is 275 g/mol. The van der Waals surface area contributed by atoms with Crippen LogP contribution in [0.15, 0.2) is 42.5 Å². The van der Waals surface area contributed by atoms with Gasteiger partial charge in [-0.3, -0.25) is 0 Å². The number of benzene rings is 2. The molecule has 0 saturated carbocycles. The van der Waals surface area contributed by atoms with Crippen LogP contribution in [0.3, 0.4) is 0 Å². The van der Waals surface area contributed by atoms with Crippen molar-refractivity contribution < 1.29 is 24.2 Å². The van der Waals surface area contributed by atoms with Gasteiger partial charge in [0.2, 0.25) is 0 Å². The van der Waals surface area contributed by atoms with Gasteiger partial charge in [0.25, 0.3) is 0 Å². The van der Waals surface area contributed by atoms with Crippen molar-refractivity contribution >= 4 is 23.3 Å². The van der Waals surface area contributed by atoms with E-state index >= 15 is 0 Å². The molecular weight excluding hydrogens is 265 g/mol. The molecule has 0 atom stereocenters. The number of hydrogen-bond donors (Lipinski definition) is 3. The molecule has 0 aliphatic rings. The molecule has 2 aromatic carbocycles. The third-order valence-electron chi connectivity index (χ3n) is 2.62. The molecular formula is C14H10FNO4. The summed E-state index contributed by atoms with van der Waals surface area (Å²) in [5.41, 5.74) is -0.131. The third-order valence-corrected chi connectivity index (χ3v) is 2.62. The second-order valence-corrected chi connectivity index (χ2v) is 3.98. The Morgan fingerprint density at radius 2 is 1.70 bits per heavy atom. The number of halogens is 1. The van der Waals surface area contributed by atoms with Crippen LogP contribution in [0.5, 0.6) is 0 Å². The Kier molecular flexibility index (Phi) is 3.65. The zero-order chi connectivity index (χ0) is 14.7. The van der Waals surface area contributed by atoms with Crippen molar-refractivity contribution in [1.82, 2.24) is 0 Å². The zero-order valence-corrected chi connectivity index (χ0v) is 10.1. The molecule has 2 aromatic rings. The monoisotopic (exact) mass is 275 g/mol. The standard InChI is InChI=1S/C14H10FNO4/c15-11-6-2-5-10(14(19)20)12(11)16-9-4-1-3-8(7-9)13(17)18/h1-7,16H,(H,17,18)(H,19,20). The van der Waals surface area contributed by atoms with Gasteiger partial charge in [-0.2, -0.15) is 0 Å². The van der Waals surface area contributed by atoms with Crippen molar-refractivity contribution in [2.45, 2.75) is 0 Å². The summed E-state index contributed by atoms with van der Waals surface area (Å²) in [6.07, 6.45) is 0. The number of carboxylic acid groups (broad SMARTS) is 2. The number of anilines is 2. The third kappa shape index (κ3) is 2.74. The Bertz CT molecular complexity index is 685. The highest BCUT2D eigenvalue weighted by atomic mass is 19.1. The quantitative estimate of drug-likeness (QED) is 0.798. The summed E-state index contributed by atoms with van der Waals surface area (Å²) in [5, 5.41) is 20.5. The Labute approximate surface area is 113 Å². The summed E-state index contributed by atoms with van der Waals surface area (Å²) < 4.78 is 13.7. The van der Waals surface area contributed by atoms with Crippen LogP contribution in [0, 0.1) is 5.82 Å². The number of carboxylic acids is 2. The van der Waals surface area contributed by atoms with E-state index in [1.54, 1.807) is 0 Å². The van der Waals surface area contributed by atoms with Crippen molar-refractivity contribution in [2.75, 3.05) is 5.32 Å². The van der Waals surface area contributed by atoms with Crippen LogP contribution in [0.4, 0.5) is 15.8 Å². The van der Waals surface area contributed by atoms with E-state index < -0.39 is 17.8 Å². The van der Waals surface area contributed by atoms with Gasteiger partial charge in [0, 0.05) is 5.69 Å². The molecule has 6 heteroatoms. The minimum atomic E-state index is -1.28. The molecule has 20 heavy (non-hydrogen) atoms. The lowest BCUT2D eigenvalue weighted by atomic mass is 10.1. The van der Waals surface area contributed by atoms with Crippen molar-refractivity contribution in [3.8, 4) is 0 Å². The minimum absolute atomic E-state index is 0.0169. The number of hydrogen-bond acceptors (Lipinski definition) is 3. The fourth-order valence-corrected chi connectivity index (χ4v) is 1.70. The van der Waals surface area contributed by atoms with E-state index in [4.69, 9.17) is 10.2 Å². The van der Waals surface area contributed by atoms with Crippen LogP contribution in [-0.4, -0.2) is 22.2 Å². The average Bonchev–Trinajstić information content (AvgIpc) is 2.41. The molecule has 102 valence electrons. The Morgan fingerprint density at radius 3 is 2.35 bits per heavy atom. The van der Waals surface area contributed by atoms with Crippen LogP contribution in [0.2, 0.25) is 0 Å². The topological polar surface area (TPSA) is 86.6 Å². The second kappa shape index (κ2) is 5.40. The van der Waals surface area contributed by atoms with E-state index in [0.717, 1.165) is 6.07 Å². The molecule has 0 saturated heterocycles. The highest BCUT2D eigenvalue weighted by Crippen LogP contribution is 2.25. The summed E-state index contributed by atoms with van der Waals surface area (Å²) in [6.45, 7) is 0. The molecule has 5 nitrogen and oxygen atoms in total. The number of rotatable bonds is 4. The van der Waals surface area contributed by atoms with Gasteiger partial charge in [0.1, 0.15) is 5.82 Å². The van der Waals surface area contributed by atoms with Crippen molar-refractivity contribution in [1.29, 1.82) is 0 Å². The fraction of sp³-hybridized carbons (Fsp3) is 0. The van der Waals surface area contributed by atoms with Gasteiger partial charge in [-0.15, -0.1) is 0 Å². The highest BCUT2D eigenvalue weighted by molar-refractivity contribution is 5.95. The molecule has 0 aromatic heterocycles. The maximum Gasteiger partial charge on any atom is 0.337 e. The Morgan fingerprint density at radius 1 is 1.00 bits per heavy atom. The maximum atomic E-state index is 13.7. The van der Waals surface area contributed by atoms with Crippen molar-refractivity contribution in [3.05, 3.63) is 59.4 Å². The normalized spacial score (nSPS) is 10.1. The molecule has 0 aliphatic carbocycles. The minimum Gasteiger partial charge on any atom is -0.478 e. The van der Waals surface area contributed by atoms with Gasteiger partial charge in [-0.1, -0.05) is 12.1 Å². The lowest BCUT2D eigenvalue weighted by Crippen LogP contribution is -2.05. The lowest BCUT2D eigenvalue weighted by Gasteiger charge is -2.11. The van der Waals surface area contributed by atoms with Gasteiger partial charge in [-0.05, 0) is 30.3 Å². The summed E-state index contributed by atoms with van der Waals surface area (Å²) in [6, 6.07) is 9.34. The number of carbonyl (C=O) groups is 2. The molecule has 0 fully saturated rings. The van der Waals surface area contributed by atoms with Crippen LogP contribution >= 0.6 is 0 Å². The van der Waals surface area contributed by atoms with E-state index in [2.05, 4.69) is 5.32 Å². The second-order valence-electron chi connectivity index (χ2n) is 3.98. The summed E-state index contributed by atoms with van der Waals surface area (Å²) in [4.78, 5) is 21.9. The molecule has 0 amide bonds. The molecule has 2 rings (SSSR count). The van der Waals surface area contributed by atoms with Gasteiger partial charge in [0.05, 0.1) is 16.8 Å². The molecule has 0 spiro atoms. The predicted molar refractivity (Wildman–Crippen MR) is 70.0 cm³/mol. The molecule has 0 bridgehead atoms. The van der Waals surface area contributed by atoms with E-state index in [1.807, 2.05) is 0 Å². The SMILES string of the molecule is O=C(O)c1cccc(Nc2c(F)cccc2C(=O)O)c1. The smallest absolute Gasteiger partial charge is 0.337 e. The Hall–Kier alpha value is -2.89. The summed E-state index contributed by atoms with van der Waals surface area (Å²) in [5.74, 6) is -3.13. The van der Waals surface area contributed by atoms with Gasteiger partial charge in [-0.25, -0.2) is 14.0 Å². The maximum absolute atomic E-state index is 13.7.